The molecule has 0 aliphatic rings. The summed E-state index contributed by atoms with van der Waals surface area (Å²) in [7, 11) is -3.88. The molecular formula is C22H29N3O6S. The van der Waals surface area contributed by atoms with Crippen molar-refractivity contribution in [2.45, 2.75) is 39.2 Å². The van der Waals surface area contributed by atoms with Crippen molar-refractivity contribution in [3.05, 3.63) is 64.2 Å². The highest BCUT2D eigenvalue weighted by Crippen LogP contribution is 2.26. The molecule has 0 aliphatic heterocycles. The number of nitro benzene ring substituents is 1. The van der Waals surface area contributed by atoms with Gasteiger partial charge in [-0.15, -0.1) is 0 Å². The minimum Gasteiger partial charge on any atom is -0.492 e. The summed E-state index contributed by atoms with van der Waals surface area (Å²) < 4.78 is 31.1. The number of non-ortho nitro benzene ring substituents is 1. The molecule has 1 atom stereocenters. The smallest absolute Gasteiger partial charge is 0.271 e. The number of hydrogen-bond donors (Lipinski definition) is 1. The van der Waals surface area contributed by atoms with Crippen LogP contribution in [0, 0.1) is 10.1 Å². The third-order valence-corrected chi connectivity index (χ3v) is 6.02. The highest BCUT2D eigenvalue weighted by Gasteiger charge is 2.29. The Bertz CT molecular complexity index is 1060. The molecule has 0 spiro atoms. The van der Waals surface area contributed by atoms with E-state index >= 15 is 0 Å². The standard InChI is InChI=1S/C22H29N3O6S/c1-16(24(32(5,29)30)18-7-6-8-19(15-18)25(27)28)21(26)23-13-14-31-20-11-9-17(10-12-20)22(2,3)4/h6-12,15-16H,13-14H2,1-5H3,(H,23,26). The summed E-state index contributed by atoms with van der Waals surface area (Å²) in [6.07, 6.45) is 0.944. The average molecular weight is 464 g/mol. The predicted octanol–water partition coefficient (Wildman–Crippen LogP) is 3.24. The van der Waals surface area contributed by atoms with Gasteiger partial charge in [-0.05, 0) is 36.1 Å². The lowest BCUT2D eigenvalue weighted by atomic mass is 9.87. The van der Waals surface area contributed by atoms with Crippen LogP contribution >= 0.6 is 0 Å². The number of nitrogens with zero attached hydrogens (tertiary/aromatic N) is 2. The van der Waals surface area contributed by atoms with Crippen LogP contribution in [0.1, 0.15) is 33.3 Å². The number of carbonyl (C=O) groups excluding carboxylic acids is 1. The summed E-state index contributed by atoms with van der Waals surface area (Å²) in [5.74, 6) is 0.114. The maximum Gasteiger partial charge on any atom is 0.271 e. The molecule has 2 rings (SSSR count). The minimum atomic E-state index is -3.88. The van der Waals surface area contributed by atoms with E-state index in [1.54, 1.807) is 0 Å². The molecule has 32 heavy (non-hydrogen) atoms. The lowest BCUT2D eigenvalue weighted by molar-refractivity contribution is -0.384. The molecule has 0 saturated carbocycles. The molecular weight excluding hydrogens is 434 g/mol. The summed E-state index contributed by atoms with van der Waals surface area (Å²) in [6.45, 7) is 8.13. The molecule has 1 N–H and O–H groups in total. The molecule has 0 heterocycles. The van der Waals surface area contributed by atoms with E-state index in [9.17, 15) is 23.3 Å². The molecule has 0 saturated heterocycles. The van der Waals surface area contributed by atoms with Gasteiger partial charge in [0.05, 0.1) is 23.4 Å². The minimum absolute atomic E-state index is 0.0350. The zero-order chi connectivity index (χ0) is 24.1. The van der Waals surface area contributed by atoms with Crippen LogP contribution < -0.4 is 14.4 Å². The fourth-order valence-corrected chi connectivity index (χ4v) is 4.26. The zero-order valence-corrected chi connectivity index (χ0v) is 19.7. The Kier molecular flexibility index (Phi) is 7.84. The Morgan fingerprint density at radius 3 is 2.34 bits per heavy atom. The molecule has 0 radical (unpaired) electrons. The van der Waals surface area contributed by atoms with Gasteiger partial charge in [0.1, 0.15) is 18.4 Å². The average Bonchev–Trinajstić information content (AvgIpc) is 2.70. The number of benzene rings is 2. The van der Waals surface area contributed by atoms with Gasteiger partial charge in [0.25, 0.3) is 5.69 Å². The van der Waals surface area contributed by atoms with E-state index in [0.29, 0.717) is 5.75 Å². The Labute approximate surface area is 188 Å². The number of anilines is 1. The van der Waals surface area contributed by atoms with E-state index in [4.69, 9.17) is 4.74 Å². The highest BCUT2D eigenvalue weighted by molar-refractivity contribution is 7.92. The molecule has 10 heteroatoms. The van der Waals surface area contributed by atoms with Gasteiger partial charge in [-0.3, -0.25) is 19.2 Å². The van der Waals surface area contributed by atoms with Gasteiger partial charge in [0, 0.05) is 12.1 Å². The van der Waals surface area contributed by atoms with E-state index < -0.39 is 26.9 Å². The van der Waals surface area contributed by atoms with Crippen LogP contribution in [0.3, 0.4) is 0 Å². The van der Waals surface area contributed by atoms with Crippen LogP contribution in [0.15, 0.2) is 48.5 Å². The lowest BCUT2D eigenvalue weighted by Crippen LogP contribution is -2.48. The Balaban J connectivity index is 2.00. The van der Waals surface area contributed by atoms with Crippen molar-refractivity contribution in [3.63, 3.8) is 0 Å². The van der Waals surface area contributed by atoms with Crippen molar-refractivity contribution in [1.29, 1.82) is 0 Å². The summed E-state index contributed by atoms with van der Waals surface area (Å²) in [4.78, 5) is 23.0. The number of sulfonamides is 1. The number of rotatable bonds is 9. The van der Waals surface area contributed by atoms with Gasteiger partial charge in [0.2, 0.25) is 15.9 Å². The Morgan fingerprint density at radius 1 is 1.19 bits per heavy atom. The highest BCUT2D eigenvalue weighted by atomic mass is 32.2. The molecule has 174 valence electrons. The third kappa shape index (κ3) is 6.68. The van der Waals surface area contributed by atoms with Crippen LogP contribution in [0.4, 0.5) is 11.4 Å². The number of nitro groups is 1. The Morgan fingerprint density at radius 2 is 1.81 bits per heavy atom. The fraction of sp³-hybridized carbons (Fsp3) is 0.409. The third-order valence-electron chi connectivity index (χ3n) is 4.77. The van der Waals surface area contributed by atoms with Crippen LogP contribution in [-0.4, -0.2) is 44.7 Å². The van der Waals surface area contributed by atoms with Crippen molar-refractivity contribution in [2.75, 3.05) is 23.7 Å². The second-order valence-corrected chi connectivity index (χ2v) is 10.3. The number of amides is 1. The van der Waals surface area contributed by atoms with Gasteiger partial charge >= 0.3 is 0 Å². The van der Waals surface area contributed by atoms with E-state index in [1.807, 2.05) is 24.3 Å². The van der Waals surface area contributed by atoms with Gasteiger partial charge in [-0.25, -0.2) is 8.42 Å². The molecule has 0 bridgehead atoms. The van der Waals surface area contributed by atoms with Crippen LogP contribution in [-0.2, 0) is 20.2 Å². The number of ether oxygens (including phenoxy) is 1. The molecule has 0 aromatic heterocycles. The van der Waals surface area contributed by atoms with E-state index in [-0.39, 0.29) is 29.9 Å². The van der Waals surface area contributed by atoms with E-state index in [2.05, 4.69) is 26.1 Å². The number of nitrogens with one attached hydrogen (secondary N) is 1. The fourth-order valence-electron chi connectivity index (χ4n) is 3.09. The maximum absolute atomic E-state index is 12.6. The van der Waals surface area contributed by atoms with E-state index in [0.717, 1.165) is 16.6 Å². The van der Waals surface area contributed by atoms with Gasteiger partial charge in [-0.1, -0.05) is 39.0 Å². The molecule has 1 amide bonds. The molecule has 0 aliphatic carbocycles. The topological polar surface area (TPSA) is 119 Å². The molecule has 2 aromatic rings. The molecule has 9 nitrogen and oxygen atoms in total. The maximum atomic E-state index is 12.6. The first-order valence-electron chi connectivity index (χ1n) is 10.1. The zero-order valence-electron chi connectivity index (χ0n) is 18.9. The van der Waals surface area contributed by atoms with Crippen molar-refractivity contribution >= 4 is 27.3 Å². The van der Waals surface area contributed by atoms with Crippen LogP contribution in [0.5, 0.6) is 5.75 Å². The molecule has 2 aromatic carbocycles. The van der Waals surface area contributed by atoms with Crippen molar-refractivity contribution < 1.29 is 22.9 Å². The van der Waals surface area contributed by atoms with Crippen LogP contribution in [0.2, 0.25) is 0 Å². The SMILES string of the molecule is CC(C(=O)NCCOc1ccc(C(C)(C)C)cc1)N(c1cccc([N+](=O)[O-])c1)S(C)(=O)=O. The summed E-state index contributed by atoms with van der Waals surface area (Å²) >= 11 is 0. The van der Waals surface area contributed by atoms with Gasteiger partial charge in [-0.2, -0.15) is 0 Å². The first kappa shape index (κ1) is 25.1. The van der Waals surface area contributed by atoms with Crippen molar-refractivity contribution in [2.24, 2.45) is 0 Å². The number of hydrogen-bond acceptors (Lipinski definition) is 6. The van der Waals surface area contributed by atoms with E-state index in [1.165, 1.54) is 30.7 Å². The summed E-state index contributed by atoms with van der Waals surface area (Å²) in [5.41, 5.74) is 0.982. The largest absolute Gasteiger partial charge is 0.492 e. The van der Waals surface area contributed by atoms with Gasteiger partial charge in [0.15, 0.2) is 0 Å². The quantitative estimate of drug-likeness (QED) is 0.346. The summed E-state index contributed by atoms with van der Waals surface area (Å²) in [6, 6.07) is 11.7. The molecule has 1 unspecified atom stereocenters. The molecule has 0 fully saturated rings. The second kappa shape index (κ2) is 9.99. The second-order valence-electron chi connectivity index (χ2n) is 8.43. The first-order chi connectivity index (χ1) is 14.8. The lowest BCUT2D eigenvalue weighted by Gasteiger charge is -2.28. The summed E-state index contributed by atoms with van der Waals surface area (Å²) in [5, 5.41) is 13.7. The number of carbonyl (C=O) groups is 1. The van der Waals surface area contributed by atoms with Gasteiger partial charge < -0.3 is 10.1 Å². The van der Waals surface area contributed by atoms with Crippen molar-refractivity contribution in [3.8, 4) is 5.75 Å². The predicted molar refractivity (Wildman–Crippen MR) is 124 cm³/mol. The first-order valence-corrected chi connectivity index (χ1v) is 11.9. The normalized spacial score (nSPS) is 12.7. The van der Waals surface area contributed by atoms with Crippen molar-refractivity contribution in [1.82, 2.24) is 5.32 Å². The Hall–Kier alpha value is -3.14. The van der Waals surface area contributed by atoms with Crippen LogP contribution in [0.25, 0.3) is 0 Å². The monoisotopic (exact) mass is 463 g/mol.